The molecule has 0 amide bonds. The monoisotopic (exact) mass is 411 g/mol. The zero-order valence-corrected chi connectivity index (χ0v) is 16.9. The Bertz CT molecular complexity index is 973. The van der Waals surface area contributed by atoms with Gasteiger partial charge in [-0.2, -0.15) is 0 Å². The maximum absolute atomic E-state index is 13.0. The van der Waals surface area contributed by atoms with Gasteiger partial charge in [-0.05, 0) is 54.8 Å². The Morgan fingerprint density at radius 1 is 1.10 bits per heavy atom. The fourth-order valence-corrected chi connectivity index (χ4v) is 4.03. The van der Waals surface area contributed by atoms with E-state index in [9.17, 15) is 4.79 Å². The van der Waals surface area contributed by atoms with Gasteiger partial charge in [0.25, 0.3) is 0 Å². The summed E-state index contributed by atoms with van der Waals surface area (Å²) in [6.07, 6.45) is 3.57. The third-order valence-electron chi connectivity index (χ3n) is 5.53. The molecule has 1 heterocycles. The zero-order valence-electron chi connectivity index (χ0n) is 16.2. The Kier molecular flexibility index (Phi) is 5.58. The Morgan fingerprint density at radius 3 is 2.45 bits per heavy atom. The summed E-state index contributed by atoms with van der Waals surface area (Å²) in [5, 5.41) is 4.70. The highest BCUT2D eigenvalue weighted by molar-refractivity contribution is 6.30. The predicted octanol–water partition coefficient (Wildman–Crippen LogP) is 5.56. The van der Waals surface area contributed by atoms with Crippen LogP contribution in [0.3, 0.4) is 0 Å². The zero-order chi connectivity index (χ0) is 20.3. The molecule has 150 valence electrons. The van der Waals surface area contributed by atoms with Crippen LogP contribution in [0.1, 0.15) is 36.9 Å². The normalized spacial score (nSPS) is 15.2. The minimum absolute atomic E-state index is 0.0772. The lowest BCUT2D eigenvalue weighted by Gasteiger charge is -2.27. The van der Waals surface area contributed by atoms with E-state index in [1.165, 1.54) is 0 Å². The summed E-state index contributed by atoms with van der Waals surface area (Å²) in [7, 11) is 1.62. The highest BCUT2D eigenvalue weighted by Crippen LogP contribution is 2.42. The second-order valence-corrected chi connectivity index (χ2v) is 7.72. The van der Waals surface area contributed by atoms with E-state index in [1.807, 2.05) is 48.5 Å². The van der Waals surface area contributed by atoms with E-state index in [-0.39, 0.29) is 12.6 Å². The summed E-state index contributed by atoms with van der Waals surface area (Å²) in [5.41, 5.74) is 1.81. The van der Waals surface area contributed by atoms with Crippen molar-refractivity contribution in [3.8, 4) is 17.1 Å². The molecule has 0 N–H and O–H groups in total. The van der Waals surface area contributed by atoms with E-state index in [0.29, 0.717) is 16.5 Å². The van der Waals surface area contributed by atoms with Crippen LogP contribution < -0.4 is 4.74 Å². The van der Waals surface area contributed by atoms with Crippen molar-refractivity contribution in [2.24, 2.45) is 0 Å². The van der Waals surface area contributed by atoms with Crippen molar-refractivity contribution in [1.29, 1.82) is 0 Å². The number of esters is 1. The number of hydrogen-bond donors (Lipinski definition) is 0. The molecule has 0 aliphatic heterocycles. The van der Waals surface area contributed by atoms with Gasteiger partial charge >= 0.3 is 5.97 Å². The summed E-state index contributed by atoms with van der Waals surface area (Å²) >= 11 is 6.01. The predicted molar refractivity (Wildman–Crippen MR) is 110 cm³/mol. The number of carbonyl (C=O) groups excluding carboxylic acids is 1. The molecule has 2 aromatic carbocycles. The van der Waals surface area contributed by atoms with Gasteiger partial charge < -0.3 is 14.0 Å². The smallest absolute Gasteiger partial charge is 0.316 e. The summed E-state index contributed by atoms with van der Waals surface area (Å²) < 4.78 is 16.2. The number of halogens is 1. The van der Waals surface area contributed by atoms with Crippen molar-refractivity contribution in [3.63, 3.8) is 0 Å². The molecule has 1 fully saturated rings. The topological polar surface area (TPSA) is 61.6 Å². The van der Waals surface area contributed by atoms with E-state index in [2.05, 4.69) is 5.16 Å². The number of methoxy groups -OCH3 is 1. The third kappa shape index (κ3) is 4.01. The first kappa shape index (κ1) is 19.5. The number of rotatable bonds is 6. The third-order valence-corrected chi connectivity index (χ3v) is 5.78. The lowest BCUT2D eigenvalue weighted by atomic mass is 9.79. The molecule has 0 atom stereocenters. The molecule has 0 radical (unpaired) electrons. The number of aromatic nitrogens is 1. The maximum Gasteiger partial charge on any atom is 0.316 e. The minimum Gasteiger partial charge on any atom is -0.497 e. The summed E-state index contributed by atoms with van der Waals surface area (Å²) in [6, 6.07) is 16.8. The van der Waals surface area contributed by atoms with E-state index in [1.54, 1.807) is 13.2 Å². The van der Waals surface area contributed by atoms with E-state index in [4.69, 9.17) is 25.6 Å². The van der Waals surface area contributed by atoms with Crippen LogP contribution in [-0.4, -0.2) is 18.2 Å². The first-order chi connectivity index (χ1) is 14.1. The standard InChI is InChI=1S/C23H22ClNO4/c1-27-20-10-4-16(5-11-20)21-14-19(25-29-21)15-28-22(26)23(12-2-3-13-23)17-6-8-18(24)9-7-17/h4-11,14H,2-3,12-13,15H2,1H3. The molecule has 3 aromatic rings. The first-order valence-corrected chi connectivity index (χ1v) is 10.0. The van der Waals surface area contributed by atoms with Gasteiger partial charge in [0.05, 0.1) is 12.5 Å². The first-order valence-electron chi connectivity index (χ1n) is 9.64. The highest BCUT2D eigenvalue weighted by atomic mass is 35.5. The average Bonchev–Trinajstić information content (AvgIpc) is 3.43. The SMILES string of the molecule is COc1ccc(-c2cc(COC(=O)C3(c4ccc(Cl)cc4)CCCC3)no2)cc1. The van der Waals surface area contributed by atoms with Crippen LogP contribution in [-0.2, 0) is 21.6 Å². The summed E-state index contributed by atoms with van der Waals surface area (Å²) in [6.45, 7) is 0.0772. The Balaban J connectivity index is 1.46. The summed E-state index contributed by atoms with van der Waals surface area (Å²) in [4.78, 5) is 13.0. The fourth-order valence-electron chi connectivity index (χ4n) is 3.91. The molecule has 1 aliphatic carbocycles. The molecular formula is C23H22ClNO4. The van der Waals surface area contributed by atoms with Crippen LogP contribution in [0.25, 0.3) is 11.3 Å². The molecule has 6 heteroatoms. The van der Waals surface area contributed by atoms with Crippen molar-refractivity contribution in [2.75, 3.05) is 7.11 Å². The molecule has 1 aromatic heterocycles. The molecule has 0 unspecified atom stereocenters. The Morgan fingerprint density at radius 2 is 1.79 bits per heavy atom. The molecule has 1 aliphatic rings. The average molecular weight is 412 g/mol. The van der Waals surface area contributed by atoms with Gasteiger partial charge in [0, 0.05) is 16.7 Å². The molecular weight excluding hydrogens is 390 g/mol. The van der Waals surface area contributed by atoms with Gasteiger partial charge in [0.1, 0.15) is 18.1 Å². The van der Waals surface area contributed by atoms with E-state index < -0.39 is 5.41 Å². The number of ether oxygens (including phenoxy) is 2. The Hall–Kier alpha value is -2.79. The van der Waals surface area contributed by atoms with Crippen LogP contribution >= 0.6 is 11.6 Å². The van der Waals surface area contributed by atoms with E-state index >= 15 is 0 Å². The maximum atomic E-state index is 13.0. The van der Waals surface area contributed by atoms with Gasteiger partial charge in [-0.25, -0.2) is 0 Å². The van der Waals surface area contributed by atoms with E-state index in [0.717, 1.165) is 42.6 Å². The van der Waals surface area contributed by atoms with Crippen molar-refractivity contribution in [3.05, 3.63) is 70.9 Å². The minimum atomic E-state index is -0.604. The molecule has 0 saturated heterocycles. The largest absolute Gasteiger partial charge is 0.497 e. The lowest BCUT2D eigenvalue weighted by Crippen LogP contribution is -2.34. The van der Waals surface area contributed by atoms with Gasteiger partial charge in [-0.15, -0.1) is 0 Å². The van der Waals surface area contributed by atoms with Crippen LogP contribution in [0.15, 0.2) is 59.1 Å². The van der Waals surface area contributed by atoms with Crippen LogP contribution in [0.5, 0.6) is 5.75 Å². The van der Waals surface area contributed by atoms with Gasteiger partial charge in [-0.3, -0.25) is 4.79 Å². The van der Waals surface area contributed by atoms with Gasteiger partial charge in [0.2, 0.25) is 0 Å². The van der Waals surface area contributed by atoms with Crippen molar-refractivity contribution in [2.45, 2.75) is 37.7 Å². The number of nitrogens with zero attached hydrogens (tertiary/aromatic N) is 1. The Labute approximate surface area is 174 Å². The second-order valence-electron chi connectivity index (χ2n) is 7.28. The highest BCUT2D eigenvalue weighted by Gasteiger charge is 2.44. The summed E-state index contributed by atoms with van der Waals surface area (Å²) in [5.74, 6) is 1.17. The van der Waals surface area contributed by atoms with Crippen LogP contribution in [0, 0.1) is 0 Å². The number of hydrogen-bond acceptors (Lipinski definition) is 5. The molecule has 5 nitrogen and oxygen atoms in total. The lowest BCUT2D eigenvalue weighted by molar-refractivity contribution is -0.152. The molecule has 1 saturated carbocycles. The van der Waals surface area contributed by atoms with Crippen molar-refractivity contribution in [1.82, 2.24) is 5.16 Å². The van der Waals surface area contributed by atoms with Crippen molar-refractivity contribution < 1.29 is 18.8 Å². The molecule has 29 heavy (non-hydrogen) atoms. The van der Waals surface area contributed by atoms with Crippen LogP contribution in [0.4, 0.5) is 0 Å². The number of carbonyl (C=O) groups is 1. The second kappa shape index (κ2) is 8.29. The quantitative estimate of drug-likeness (QED) is 0.497. The fraction of sp³-hybridized carbons (Fsp3) is 0.304. The van der Waals surface area contributed by atoms with Gasteiger partial charge in [-0.1, -0.05) is 41.7 Å². The van der Waals surface area contributed by atoms with Gasteiger partial charge in [0.15, 0.2) is 5.76 Å². The van der Waals surface area contributed by atoms with Crippen molar-refractivity contribution >= 4 is 17.6 Å². The number of benzene rings is 2. The molecule has 4 rings (SSSR count). The molecule has 0 spiro atoms. The molecule has 0 bridgehead atoms. The van der Waals surface area contributed by atoms with Crippen LogP contribution in [0.2, 0.25) is 5.02 Å².